The predicted molar refractivity (Wildman–Crippen MR) is 288 cm³/mol. The highest BCUT2D eigenvalue weighted by Crippen LogP contribution is 2.35. The van der Waals surface area contributed by atoms with E-state index >= 15 is 0 Å². The Morgan fingerprint density at radius 1 is 0.342 bits per heavy atom. The number of carbonyl (C=O) groups excluding carboxylic acids is 6. The Kier molecular flexibility index (Phi) is 19.3. The van der Waals surface area contributed by atoms with Crippen LogP contribution in [0.25, 0.3) is 0 Å². The number of amides is 3. The summed E-state index contributed by atoms with van der Waals surface area (Å²) in [5.74, 6) is -3.94. The number of carbonyl (C=O) groups is 6. The van der Waals surface area contributed by atoms with Gasteiger partial charge in [-0.05, 0) is 131 Å². The summed E-state index contributed by atoms with van der Waals surface area (Å²) in [7, 11) is 0. The van der Waals surface area contributed by atoms with Crippen molar-refractivity contribution in [1.29, 1.82) is 0 Å². The average molecular weight is 986 g/mol. The molecule has 3 amide bonds. The van der Waals surface area contributed by atoms with Crippen molar-refractivity contribution in [2.75, 3.05) is 35.6 Å². The summed E-state index contributed by atoms with van der Waals surface area (Å²) in [6.07, 6.45) is 3.40. The molecule has 15 heteroatoms. The van der Waals surface area contributed by atoms with E-state index in [1.165, 1.54) is 0 Å². The van der Waals surface area contributed by atoms with Crippen molar-refractivity contribution in [3.8, 4) is 0 Å². The number of unbranched alkanes of at least 4 members (excludes halogenated alkanes) is 3. The van der Waals surface area contributed by atoms with Gasteiger partial charge in [-0.2, -0.15) is 0 Å². The Hall–Kier alpha value is -7.50. The van der Waals surface area contributed by atoms with Gasteiger partial charge in [0.1, 0.15) is 0 Å². The molecule has 0 heterocycles. The van der Waals surface area contributed by atoms with Gasteiger partial charge >= 0.3 is 0 Å². The zero-order chi connectivity index (χ0) is 52.4. The lowest BCUT2D eigenvalue weighted by Crippen LogP contribution is -2.57. The third-order valence-corrected chi connectivity index (χ3v) is 13.1. The summed E-state index contributed by atoms with van der Waals surface area (Å²) in [4.78, 5) is 83.3. The molecule has 73 heavy (non-hydrogen) atoms. The number of hydrogen-bond acceptors (Lipinski definition) is 12. The smallest absolute Gasteiger partial charge is 0.252 e. The van der Waals surface area contributed by atoms with Crippen LogP contribution in [-0.4, -0.2) is 71.3 Å². The minimum absolute atomic E-state index is 0.0879. The highest BCUT2D eigenvalue weighted by Gasteiger charge is 2.44. The highest BCUT2D eigenvalue weighted by atomic mass is 16.2. The first-order chi connectivity index (χ1) is 35.2. The zero-order valence-electron chi connectivity index (χ0n) is 41.1. The predicted octanol–water partition coefficient (Wildman–Crippen LogP) is 6.81. The summed E-state index contributed by atoms with van der Waals surface area (Å²) in [5.41, 5.74) is 36.3. The van der Waals surface area contributed by atoms with Gasteiger partial charge in [0, 0.05) is 39.7 Å². The maximum absolute atomic E-state index is 14.0. The Bertz CT molecular complexity index is 2490. The van der Waals surface area contributed by atoms with E-state index < -0.39 is 57.6 Å². The van der Waals surface area contributed by atoms with E-state index in [9.17, 15) is 28.8 Å². The number of nitrogens with two attached hydrogens (primary N) is 6. The van der Waals surface area contributed by atoms with Crippen LogP contribution in [0.2, 0.25) is 0 Å². The van der Waals surface area contributed by atoms with Gasteiger partial charge in [0.2, 0.25) is 0 Å². The molecule has 0 saturated heterocycles. The fourth-order valence-corrected chi connectivity index (χ4v) is 8.76. The van der Waals surface area contributed by atoms with Crippen molar-refractivity contribution in [3.05, 3.63) is 197 Å². The minimum Gasteiger partial charge on any atom is -0.330 e. The first-order valence-corrected chi connectivity index (χ1v) is 24.7. The summed E-state index contributed by atoms with van der Waals surface area (Å²) < 4.78 is 0. The maximum Gasteiger partial charge on any atom is 0.252 e. The van der Waals surface area contributed by atoms with Crippen LogP contribution in [0.15, 0.2) is 164 Å². The van der Waals surface area contributed by atoms with Gasteiger partial charge in [0.25, 0.3) is 17.7 Å². The maximum atomic E-state index is 14.0. The molecule has 0 spiro atoms. The number of ketones is 3. The fraction of sp³-hybridized carbons (Fsp3) is 0.276. The first-order valence-electron chi connectivity index (χ1n) is 24.7. The number of benzene rings is 6. The molecule has 3 atom stereocenters. The Labute approximate surface area is 426 Å². The molecule has 6 rings (SSSR count). The summed E-state index contributed by atoms with van der Waals surface area (Å²) in [5, 5.41) is 8.62. The van der Waals surface area contributed by atoms with Crippen LogP contribution in [0.5, 0.6) is 0 Å². The molecule has 0 unspecified atom stereocenters. The molecule has 0 radical (unpaired) electrons. The van der Waals surface area contributed by atoms with E-state index in [-0.39, 0.29) is 19.3 Å². The molecule has 15 N–H and O–H groups in total. The lowest BCUT2D eigenvalue weighted by molar-refractivity contribution is -0.120. The van der Waals surface area contributed by atoms with Crippen molar-refractivity contribution in [1.82, 2.24) is 0 Å². The minimum atomic E-state index is -1.86. The van der Waals surface area contributed by atoms with Gasteiger partial charge in [0.15, 0.2) is 34.0 Å². The van der Waals surface area contributed by atoms with Gasteiger partial charge in [0.05, 0.1) is 0 Å². The molecule has 15 nitrogen and oxygen atoms in total. The van der Waals surface area contributed by atoms with Crippen molar-refractivity contribution in [2.24, 2.45) is 34.4 Å². The van der Waals surface area contributed by atoms with Gasteiger partial charge in [-0.15, -0.1) is 0 Å². The van der Waals surface area contributed by atoms with Crippen LogP contribution in [0.4, 0.5) is 17.1 Å². The third kappa shape index (κ3) is 13.5. The van der Waals surface area contributed by atoms with E-state index in [1.807, 2.05) is 36.4 Å². The van der Waals surface area contributed by atoms with Crippen LogP contribution in [-0.2, 0) is 14.4 Å². The van der Waals surface area contributed by atoms with E-state index in [0.717, 1.165) is 16.7 Å². The second-order valence-electron chi connectivity index (χ2n) is 18.4. The molecule has 0 aliphatic carbocycles. The first kappa shape index (κ1) is 54.8. The summed E-state index contributed by atoms with van der Waals surface area (Å²) in [6.45, 7) is 1.15. The standard InChI is InChI=1S/C58H67N9O6/c59-37-13-10-34-56(62,50(68)43-16-4-1-5-17-43)53(71)65-46-28-22-40(23-29-46)49(41-24-30-47(31-25-41)66-54(72)57(63,35-11-14-38-60)51(69)44-18-6-2-7-19-44)42-26-32-48(33-27-42)67-55(73)58(64,36-12-15-39-61)52(70)45-20-8-3-9-21-45/h1-9,16-33,49H,10-15,34-39,59-64H2,(H,65,71)(H,66,72)(H,67,73)/t56-,57-,58-/m0/s1. The van der Waals surface area contributed by atoms with Gasteiger partial charge in [-0.3, -0.25) is 28.8 Å². The molecule has 6 aromatic rings. The number of nitrogens with one attached hydrogen (secondary N) is 3. The normalized spacial score (nSPS) is 13.7. The zero-order valence-corrected chi connectivity index (χ0v) is 41.1. The van der Waals surface area contributed by atoms with Crippen molar-refractivity contribution < 1.29 is 28.8 Å². The van der Waals surface area contributed by atoms with E-state index in [1.54, 1.807) is 127 Å². The molecule has 0 aromatic heterocycles. The lowest BCUT2D eigenvalue weighted by Gasteiger charge is -2.28. The molecule has 0 saturated carbocycles. The number of Topliss-reactive ketones (excluding diaryl/α,β-unsaturated/α-hetero) is 3. The number of anilines is 3. The van der Waals surface area contributed by atoms with Crippen molar-refractivity contribution in [2.45, 2.75) is 80.3 Å². The monoisotopic (exact) mass is 986 g/mol. The molecule has 0 aliphatic heterocycles. The Morgan fingerprint density at radius 2 is 0.575 bits per heavy atom. The van der Waals surface area contributed by atoms with Crippen LogP contribution >= 0.6 is 0 Å². The van der Waals surface area contributed by atoms with Gasteiger partial charge in [-0.1, -0.05) is 127 Å². The quantitative estimate of drug-likeness (QED) is 0.0111. The summed E-state index contributed by atoms with van der Waals surface area (Å²) in [6, 6.07) is 46.8. The second kappa shape index (κ2) is 25.7. The molecule has 6 aromatic carbocycles. The SMILES string of the molecule is NCCCC[C@@](N)(C(=O)Nc1ccc(C(c2ccc(NC(=O)[C@](N)(CCCCN)C(=O)c3ccccc3)cc2)c2ccc(NC(=O)[C@](N)(CCCCN)C(=O)c3ccccc3)cc2)cc1)C(=O)c1ccccc1. The molecular formula is C58H67N9O6. The number of hydrogen-bond donors (Lipinski definition) is 9. The fourth-order valence-electron chi connectivity index (χ4n) is 8.76. The van der Waals surface area contributed by atoms with E-state index in [2.05, 4.69) is 16.0 Å². The average Bonchev–Trinajstić information content (AvgIpc) is 3.42. The van der Waals surface area contributed by atoms with Crippen LogP contribution in [0.3, 0.4) is 0 Å². The molecule has 0 bridgehead atoms. The third-order valence-electron chi connectivity index (χ3n) is 13.1. The second-order valence-corrected chi connectivity index (χ2v) is 18.4. The van der Waals surface area contributed by atoms with E-state index in [4.69, 9.17) is 34.4 Å². The van der Waals surface area contributed by atoms with Crippen molar-refractivity contribution in [3.63, 3.8) is 0 Å². The van der Waals surface area contributed by atoms with Gasteiger partial charge < -0.3 is 50.4 Å². The largest absolute Gasteiger partial charge is 0.330 e. The van der Waals surface area contributed by atoms with Crippen LogP contribution < -0.4 is 50.4 Å². The topological polar surface area (TPSA) is 295 Å². The molecule has 0 aliphatic rings. The van der Waals surface area contributed by atoms with Crippen LogP contribution in [0, 0.1) is 0 Å². The molecule has 0 fully saturated rings. The van der Waals surface area contributed by atoms with Crippen LogP contribution in [0.1, 0.15) is 111 Å². The Balaban J connectivity index is 1.31. The van der Waals surface area contributed by atoms with Gasteiger partial charge in [-0.25, -0.2) is 0 Å². The lowest BCUT2D eigenvalue weighted by atomic mass is 9.83. The number of rotatable bonds is 27. The van der Waals surface area contributed by atoms with E-state index in [0.29, 0.717) is 91.9 Å². The molecule has 380 valence electrons. The summed E-state index contributed by atoms with van der Waals surface area (Å²) >= 11 is 0. The van der Waals surface area contributed by atoms with Crippen molar-refractivity contribution >= 4 is 52.1 Å². The Morgan fingerprint density at radius 3 is 0.795 bits per heavy atom. The molecular weight excluding hydrogens is 919 g/mol. The highest BCUT2D eigenvalue weighted by molar-refractivity contribution is 6.22.